The number of urea groups is 1. The van der Waals surface area contributed by atoms with Crippen LogP contribution in [0.15, 0.2) is 24.3 Å². The zero-order valence-corrected chi connectivity index (χ0v) is 18.4. The zero-order valence-electron chi connectivity index (χ0n) is 17.6. The first-order valence-corrected chi connectivity index (χ1v) is 11.2. The predicted molar refractivity (Wildman–Crippen MR) is 118 cm³/mol. The lowest BCUT2D eigenvalue weighted by Crippen LogP contribution is -2.42. The summed E-state index contributed by atoms with van der Waals surface area (Å²) in [6.07, 6.45) is 5.00. The highest BCUT2D eigenvalue weighted by atomic mass is 32.1. The fourth-order valence-electron chi connectivity index (χ4n) is 4.18. The van der Waals surface area contributed by atoms with E-state index in [2.05, 4.69) is 16.7 Å². The number of anilines is 1. The van der Waals surface area contributed by atoms with Crippen molar-refractivity contribution in [1.29, 1.82) is 5.26 Å². The Kier molecular flexibility index (Phi) is 5.54. The fraction of sp³-hybridized carbons (Fsp3) is 0.391. The first-order chi connectivity index (χ1) is 14.8. The Labute approximate surface area is 185 Å². The van der Waals surface area contributed by atoms with Crippen LogP contribution in [-0.4, -0.2) is 29.3 Å². The lowest BCUT2D eigenvalue weighted by molar-refractivity contribution is -0.133. The molecular weight excluding hydrogens is 412 g/mol. The van der Waals surface area contributed by atoms with Gasteiger partial charge >= 0.3 is 6.03 Å². The SMILES string of the molecule is Cc1ccc(C2(C)NC(=O)N(CC(=O)Nc3sc4c(c3C#N)CCCCC4)C2=O)cc1. The van der Waals surface area contributed by atoms with E-state index < -0.39 is 29.9 Å². The summed E-state index contributed by atoms with van der Waals surface area (Å²) in [6, 6.07) is 8.97. The summed E-state index contributed by atoms with van der Waals surface area (Å²) < 4.78 is 0. The number of nitriles is 1. The number of imide groups is 1. The molecule has 8 heteroatoms. The lowest BCUT2D eigenvalue weighted by Gasteiger charge is -2.22. The van der Waals surface area contributed by atoms with Crippen LogP contribution >= 0.6 is 11.3 Å². The van der Waals surface area contributed by atoms with E-state index >= 15 is 0 Å². The van der Waals surface area contributed by atoms with E-state index in [1.54, 1.807) is 19.1 Å². The van der Waals surface area contributed by atoms with E-state index in [4.69, 9.17) is 0 Å². The molecule has 1 atom stereocenters. The maximum absolute atomic E-state index is 13.0. The smallest absolute Gasteiger partial charge is 0.319 e. The van der Waals surface area contributed by atoms with Gasteiger partial charge in [-0.1, -0.05) is 36.2 Å². The van der Waals surface area contributed by atoms with Gasteiger partial charge in [0.2, 0.25) is 5.91 Å². The summed E-state index contributed by atoms with van der Waals surface area (Å²) >= 11 is 1.43. The number of benzene rings is 1. The maximum Gasteiger partial charge on any atom is 0.325 e. The lowest BCUT2D eigenvalue weighted by atomic mass is 9.91. The van der Waals surface area contributed by atoms with Crippen LogP contribution in [0.4, 0.5) is 9.80 Å². The van der Waals surface area contributed by atoms with Crippen molar-refractivity contribution in [2.45, 2.75) is 51.5 Å². The number of nitrogens with zero attached hydrogens (tertiary/aromatic N) is 2. The third-order valence-electron chi connectivity index (χ3n) is 5.99. The number of fused-ring (bicyclic) bond motifs is 1. The molecule has 2 heterocycles. The minimum atomic E-state index is -1.22. The van der Waals surface area contributed by atoms with Gasteiger partial charge in [0.05, 0.1) is 5.56 Å². The van der Waals surface area contributed by atoms with Crippen LogP contribution in [0.1, 0.15) is 53.3 Å². The van der Waals surface area contributed by atoms with Gasteiger partial charge in [-0.05, 0) is 50.7 Å². The highest BCUT2D eigenvalue weighted by Crippen LogP contribution is 2.37. The third kappa shape index (κ3) is 3.81. The number of amides is 4. The van der Waals surface area contributed by atoms with Gasteiger partial charge in [0.25, 0.3) is 5.91 Å². The molecule has 7 nitrogen and oxygen atoms in total. The summed E-state index contributed by atoms with van der Waals surface area (Å²) in [5.74, 6) is -0.969. The number of hydrogen-bond donors (Lipinski definition) is 2. The number of rotatable bonds is 4. The standard InChI is InChI=1S/C23H24N4O3S/c1-14-8-10-15(11-9-14)23(2)21(29)27(22(30)26-23)13-19(28)25-20-17(12-24)16-6-4-3-5-7-18(16)31-20/h8-11H,3-7,13H2,1-2H3,(H,25,28)(H,26,30). The van der Waals surface area contributed by atoms with Gasteiger partial charge in [0.1, 0.15) is 23.2 Å². The van der Waals surface area contributed by atoms with Gasteiger partial charge < -0.3 is 10.6 Å². The van der Waals surface area contributed by atoms with Crippen LogP contribution in [-0.2, 0) is 28.0 Å². The summed E-state index contributed by atoms with van der Waals surface area (Å²) in [5.41, 5.74) is 2.03. The Morgan fingerprint density at radius 2 is 1.94 bits per heavy atom. The third-order valence-corrected chi connectivity index (χ3v) is 7.20. The Hall–Kier alpha value is -3.18. The Morgan fingerprint density at radius 3 is 2.65 bits per heavy atom. The van der Waals surface area contributed by atoms with Crippen molar-refractivity contribution >= 4 is 34.2 Å². The molecule has 31 heavy (non-hydrogen) atoms. The van der Waals surface area contributed by atoms with Gasteiger partial charge in [0.15, 0.2) is 0 Å². The molecule has 4 rings (SSSR count). The number of nitrogens with one attached hydrogen (secondary N) is 2. The van der Waals surface area contributed by atoms with E-state index in [1.165, 1.54) is 11.3 Å². The molecule has 0 bridgehead atoms. The van der Waals surface area contributed by atoms with Crippen molar-refractivity contribution in [1.82, 2.24) is 10.2 Å². The molecule has 2 N–H and O–H groups in total. The molecule has 1 aliphatic carbocycles. The van der Waals surface area contributed by atoms with Crippen molar-refractivity contribution in [2.24, 2.45) is 0 Å². The van der Waals surface area contributed by atoms with Gasteiger partial charge in [-0.2, -0.15) is 5.26 Å². The average Bonchev–Trinajstić information content (AvgIpc) is 3.04. The minimum absolute atomic E-state index is 0.403. The van der Waals surface area contributed by atoms with E-state index in [0.29, 0.717) is 16.1 Å². The first-order valence-electron chi connectivity index (χ1n) is 10.4. The van der Waals surface area contributed by atoms with Crippen molar-refractivity contribution in [3.8, 4) is 6.07 Å². The van der Waals surface area contributed by atoms with E-state index in [1.807, 2.05) is 19.1 Å². The van der Waals surface area contributed by atoms with Crippen molar-refractivity contribution in [2.75, 3.05) is 11.9 Å². The van der Waals surface area contributed by atoms with Crippen LogP contribution in [0.5, 0.6) is 0 Å². The van der Waals surface area contributed by atoms with E-state index in [0.717, 1.165) is 53.0 Å². The highest BCUT2D eigenvalue weighted by molar-refractivity contribution is 7.16. The molecule has 0 saturated carbocycles. The number of hydrogen-bond acceptors (Lipinski definition) is 5. The number of carbonyl (C=O) groups is 3. The van der Waals surface area contributed by atoms with Crippen LogP contribution in [0, 0.1) is 18.3 Å². The molecule has 1 fully saturated rings. The van der Waals surface area contributed by atoms with Gasteiger partial charge in [0, 0.05) is 4.88 Å². The number of aryl methyl sites for hydroxylation is 2. The molecule has 1 aromatic carbocycles. The molecule has 160 valence electrons. The monoisotopic (exact) mass is 436 g/mol. The fourth-order valence-corrected chi connectivity index (χ4v) is 5.44. The molecule has 1 aromatic heterocycles. The molecule has 2 aliphatic rings. The van der Waals surface area contributed by atoms with Crippen LogP contribution < -0.4 is 10.6 Å². The molecule has 4 amide bonds. The molecular formula is C23H24N4O3S. The van der Waals surface area contributed by atoms with Gasteiger partial charge in [-0.3, -0.25) is 14.5 Å². The van der Waals surface area contributed by atoms with E-state index in [9.17, 15) is 19.6 Å². The average molecular weight is 437 g/mol. The van der Waals surface area contributed by atoms with Crippen molar-refractivity contribution in [3.63, 3.8) is 0 Å². The molecule has 1 saturated heterocycles. The summed E-state index contributed by atoms with van der Waals surface area (Å²) in [4.78, 5) is 40.3. The predicted octanol–water partition coefficient (Wildman–Crippen LogP) is 3.60. The van der Waals surface area contributed by atoms with Gasteiger partial charge in [-0.25, -0.2) is 4.79 Å². The van der Waals surface area contributed by atoms with E-state index in [-0.39, 0.29) is 0 Å². The molecule has 1 aliphatic heterocycles. The quantitative estimate of drug-likeness (QED) is 0.565. The van der Waals surface area contributed by atoms with Gasteiger partial charge in [-0.15, -0.1) is 11.3 Å². The Balaban J connectivity index is 1.50. The largest absolute Gasteiger partial charge is 0.325 e. The molecule has 0 spiro atoms. The minimum Gasteiger partial charge on any atom is -0.319 e. The van der Waals surface area contributed by atoms with Crippen LogP contribution in [0.25, 0.3) is 0 Å². The molecule has 2 aromatic rings. The van der Waals surface area contributed by atoms with Crippen LogP contribution in [0.3, 0.4) is 0 Å². The number of carbonyl (C=O) groups excluding carboxylic acids is 3. The Morgan fingerprint density at radius 1 is 1.23 bits per heavy atom. The van der Waals surface area contributed by atoms with Crippen LogP contribution in [0.2, 0.25) is 0 Å². The zero-order chi connectivity index (χ0) is 22.2. The van der Waals surface area contributed by atoms with Crippen molar-refractivity contribution in [3.05, 3.63) is 51.4 Å². The highest BCUT2D eigenvalue weighted by Gasteiger charge is 2.49. The summed E-state index contributed by atoms with van der Waals surface area (Å²) in [7, 11) is 0. The second kappa shape index (κ2) is 8.16. The topological polar surface area (TPSA) is 102 Å². The summed E-state index contributed by atoms with van der Waals surface area (Å²) in [6.45, 7) is 3.18. The number of thiophene rings is 1. The maximum atomic E-state index is 13.0. The molecule has 0 radical (unpaired) electrons. The second-order valence-electron chi connectivity index (χ2n) is 8.24. The normalized spacial score (nSPS) is 20.6. The second-order valence-corrected chi connectivity index (χ2v) is 9.35. The Bertz CT molecular complexity index is 1100. The molecule has 1 unspecified atom stereocenters. The van der Waals surface area contributed by atoms with Crippen molar-refractivity contribution < 1.29 is 14.4 Å². The summed E-state index contributed by atoms with van der Waals surface area (Å²) in [5, 5.41) is 15.6. The first kappa shape index (κ1) is 21.1.